The van der Waals surface area contributed by atoms with E-state index in [4.69, 9.17) is 9.47 Å². The number of likely N-dealkylation sites (tertiary alicyclic amines) is 1. The molecule has 2 N–H and O–H groups in total. The van der Waals surface area contributed by atoms with Crippen molar-refractivity contribution < 1.29 is 24.1 Å². The number of aromatic hydroxyl groups is 2. The van der Waals surface area contributed by atoms with Crippen LogP contribution in [0.1, 0.15) is 49.5 Å². The van der Waals surface area contributed by atoms with E-state index in [-0.39, 0.29) is 5.75 Å². The van der Waals surface area contributed by atoms with Gasteiger partial charge in [-0.2, -0.15) is 0 Å². The van der Waals surface area contributed by atoms with Crippen LogP contribution in [0.5, 0.6) is 23.0 Å². The Kier molecular flexibility index (Phi) is 6.88. The number of phenols is 2. The van der Waals surface area contributed by atoms with Crippen LogP contribution in [-0.2, 0) is 0 Å². The van der Waals surface area contributed by atoms with Crippen molar-refractivity contribution in [2.45, 2.75) is 32.8 Å². The summed E-state index contributed by atoms with van der Waals surface area (Å²) in [5.41, 5.74) is 4.17. The van der Waals surface area contributed by atoms with Crippen LogP contribution in [0.15, 0.2) is 60.7 Å². The molecule has 1 fully saturated rings. The molecule has 6 heteroatoms. The summed E-state index contributed by atoms with van der Waals surface area (Å²) in [6.07, 6.45) is 2.00. The summed E-state index contributed by atoms with van der Waals surface area (Å²) in [6.45, 7) is 8.09. The highest BCUT2D eigenvalue weighted by atomic mass is 19.1. The molecule has 0 bridgehead atoms. The fourth-order valence-electron chi connectivity index (χ4n) is 5.21. The van der Waals surface area contributed by atoms with Crippen molar-refractivity contribution >= 4 is 11.1 Å². The molecule has 0 amide bonds. The van der Waals surface area contributed by atoms with Crippen molar-refractivity contribution in [1.82, 2.24) is 4.90 Å². The van der Waals surface area contributed by atoms with Gasteiger partial charge in [-0.3, -0.25) is 4.90 Å². The molecule has 2 heterocycles. The molecule has 0 saturated carbocycles. The van der Waals surface area contributed by atoms with Crippen LogP contribution >= 0.6 is 0 Å². The zero-order valence-corrected chi connectivity index (χ0v) is 20.7. The van der Waals surface area contributed by atoms with Crippen molar-refractivity contribution in [2.24, 2.45) is 5.92 Å². The van der Waals surface area contributed by atoms with Gasteiger partial charge >= 0.3 is 0 Å². The quantitative estimate of drug-likeness (QED) is 0.401. The highest BCUT2D eigenvalue weighted by Crippen LogP contribution is 2.48. The molecule has 2 aliphatic rings. The number of halogens is 1. The second kappa shape index (κ2) is 10.2. The fraction of sp³-hybridized carbons (Fsp3) is 0.333. The molecule has 36 heavy (non-hydrogen) atoms. The first-order valence-electron chi connectivity index (χ1n) is 12.6. The van der Waals surface area contributed by atoms with E-state index in [9.17, 15) is 14.6 Å². The standard InChI is InChI=1S/C30H32FNO4/c1-3-20-12-13-32(18-20)14-15-35-24-8-4-21(5-9-24)30-29(22-6-11-26(31)27(34)16-22)19(2)25-10-7-23(33)17-28(25)36-30/h4-11,16-17,20,30,33-34H,3,12-15,18H2,1-2H3/t20-,30?/m1/s1. The number of hydrogen-bond donors (Lipinski definition) is 2. The normalized spacial score (nSPS) is 19.8. The molecule has 0 aliphatic carbocycles. The van der Waals surface area contributed by atoms with Crippen LogP contribution in [0.2, 0.25) is 0 Å². The molecule has 1 saturated heterocycles. The third-order valence-electron chi connectivity index (χ3n) is 7.34. The van der Waals surface area contributed by atoms with Gasteiger partial charge < -0.3 is 19.7 Å². The Bertz CT molecular complexity index is 1270. The van der Waals surface area contributed by atoms with E-state index in [1.807, 2.05) is 31.2 Å². The summed E-state index contributed by atoms with van der Waals surface area (Å²) >= 11 is 0. The second-order valence-electron chi connectivity index (χ2n) is 9.66. The molecular formula is C30H32FNO4. The van der Waals surface area contributed by atoms with Gasteiger partial charge in [0.2, 0.25) is 0 Å². The Morgan fingerprint density at radius 3 is 2.58 bits per heavy atom. The molecule has 0 spiro atoms. The van der Waals surface area contributed by atoms with E-state index >= 15 is 0 Å². The van der Waals surface area contributed by atoms with E-state index in [0.29, 0.717) is 17.9 Å². The number of hydrogen-bond acceptors (Lipinski definition) is 5. The summed E-state index contributed by atoms with van der Waals surface area (Å²) in [7, 11) is 0. The van der Waals surface area contributed by atoms with Gasteiger partial charge in [0.15, 0.2) is 11.6 Å². The summed E-state index contributed by atoms with van der Waals surface area (Å²) in [5.74, 6) is 1.21. The van der Waals surface area contributed by atoms with Gasteiger partial charge in [-0.25, -0.2) is 4.39 Å². The average Bonchev–Trinajstić information content (AvgIpc) is 3.34. The van der Waals surface area contributed by atoms with Crippen LogP contribution in [0.25, 0.3) is 11.1 Å². The van der Waals surface area contributed by atoms with E-state index in [2.05, 4.69) is 11.8 Å². The molecular weight excluding hydrogens is 457 g/mol. The van der Waals surface area contributed by atoms with Crippen molar-refractivity contribution in [3.8, 4) is 23.0 Å². The summed E-state index contributed by atoms with van der Waals surface area (Å²) in [4.78, 5) is 2.46. The SMILES string of the molecule is CC[C@@H]1CCN(CCOc2ccc(C3Oc4cc(O)ccc4C(C)=C3c3ccc(F)c(O)c3)cc2)C1. The Morgan fingerprint density at radius 1 is 1.06 bits per heavy atom. The Hall–Kier alpha value is -3.51. The van der Waals surface area contributed by atoms with Crippen molar-refractivity contribution in [1.29, 1.82) is 0 Å². The van der Waals surface area contributed by atoms with E-state index < -0.39 is 17.7 Å². The third-order valence-corrected chi connectivity index (χ3v) is 7.34. The first-order chi connectivity index (χ1) is 17.4. The Labute approximate surface area is 211 Å². The maximum Gasteiger partial charge on any atom is 0.164 e. The lowest BCUT2D eigenvalue weighted by molar-refractivity contribution is 0.232. The monoisotopic (exact) mass is 489 g/mol. The number of allylic oxidation sites excluding steroid dienone is 1. The van der Waals surface area contributed by atoms with Gasteiger partial charge in [0.1, 0.15) is 30.0 Å². The smallest absolute Gasteiger partial charge is 0.164 e. The number of benzene rings is 3. The van der Waals surface area contributed by atoms with Gasteiger partial charge in [-0.15, -0.1) is 0 Å². The zero-order valence-electron chi connectivity index (χ0n) is 20.7. The van der Waals surface area contributed by atoms with Crippen LogP contribution in [-0.4, -0.2) is 41.4 Å². The first-order valence-corrected chi connectivity index (χ1v) is 12.6. The number of phenolic OH excluding ortho intramolecular Hbond substituents is 2. The molecule has 2 aliphatic heterocycles. The highest BCUT2D eigenvalue weighted by Gasteiger charge is 2.30. The molecule has 3 aromatic rings. The number of ether oxygens (including phenoxy) is 2. The van der Waals surface area contributed by atoms with Crippen molar-refractivity contribution in [3.63, 3.8) is 0 Å². The maximum atomic E-state index is 13.8. The molecule has 1 unspecified atom stereocenters. The lowest BCUT2D eigenvalue weighted by Crippen LogP contribution is -2.26. The maximum absolute atomic E-state index is 13.8. The third kappa shape index (κ3) is 4.91. The lowest BCUT2D eigenvalue weighted by atomic mass is 9.86. The van der Waals surface area contributed by atoms with Crippen LogP contribution < -0.4 is 9.47 Å². The van der Waals surface area contributed by atoms with Crippen molar-refractivity contribution in [2.75, 3.05) is 26.2 Å². The number of fused-ring (bicyclic) bond motifs is 1. The highest BCUT2D eigenvalue weighted by molar-refractivity contribution is 5.95. The minimum Gasteiger partial charge on any atom is -0.508 e. The Balaban J connectivity index is 1.38. The van der Waals surface area contributed by atoms with Crippen LogP contribution in [0, 0.1) is 11.7 Å². The molecule has 0 aromatic heterocycles. The van der Waals surface area contributed by atoms with Crippen LogP contribution in [0.4, 0.5) is 4.39 Å². The Morgan fingerprint density at radius 2 is 1.86 bits per heavy atom. The van der Waals surface area contributed by atoms with Crippen molar-refractivity contribution in [3.05, 3.63) is 83.2 Å². The number of nitrogens with zero attached hydrogens (tertiary/aromatic N) is 1. The molecule has 3 aromatic carbocycles. The molecule has 5 rings (SSSR count). The minimum atomic E-state index is -0.670. The average molecular weight is 490 g/mol. The van der Waals surface area contributed by atoms with E-state index in [0.717, 1.165) is 53.6 Å². The molecule has 5 nitrogen and oxygen atoms in total. The van der Waals surface area contributed by atoms with E-state index in [1.165, 1.54) is 25.0 Å². The number of rotatable bonds is 7. The topological polar surface area (TPSA) is 62.2 Å². The van der Waals surface area contributed by atoms with Gasteiger partial charge in [0.05, 0.1) is 0 Å². The molecule has 2 atom stereocenters. The van der Waals surface area contributed by atoms with Gasteiger partial charge in [-0.05, 0) is 78.9 Å². The van der Waals surface area contributed by atoms with Gasteiger partial charge in [0, 0.05) is 30.3 Å². The predicted molar refractivity (Wildman–Crippen MR) is 139 cm³/mol. The lowest BCUT2D eigenvalue weighted by Gasteiger charge is -2.31. The molecule has 188 valence electrons. The minimum absolute atomic E-state index is 0.121. The molecule has 0 radical (unpaired) electrons. The fourth-order valence-corrected chi connectivity index (χ4v) is 5.21. The van der Waals surface area contributed by atoms with E-state index in [1.54, 1.807) is 24.3 Å². The second-order valence-corrected chi connectivity index (χ2v) is 9.66. The summed E-state index contributed by atoms with van der Waals surface area (Å²) in [5, 5.41) is 20.1. The summed E-state index contributed by atoms with van der Waals surface area (Å²) < 4.78 is 26.2. The largest absolute Gasteiger partial charge is 0.508 e. The van der Waals surface area contributed by atoms with Gasteiger partial charge in [0.25, 0.3) is 0 Å². The summed E-state index contributed by atoms with van der Waals surface area (Å²) in [6, 6.07) is 17.2. The first kappa shape index (κ1) is 24.2. The van der Waals surface area contributed by atoms with Crippen LogP contribution in [0.3, 0.4) is 0 Å². The zero-order chi connectivity index (χ0) is 25.2. The predicted octanol–water partition coefficient (Wildman–Crippen LogP) is 6.41. The van der Waals surface area contributed by atoms with Gasteiger partial charge in [-0.1, -0.05) is 31.5 Å².